The zero-order valence-corrected chi connectivity index (χ0v) is 10.7. The fourth-order valence-electron chi connectivity index (χ4n) is 2.21. The van der Waals surface area contributed by atoms with Crippen molar-refractivity contribution in [2.45, 2.75) is 31.8 Å². The molecule has 1 aromatic heterocycles. The Morgan fingerprint density at radius 1 is 1.39 bits per heavy atom. The van der Waals surface area contributed by atoms with Crippen LogP contribution in [0.25, 0.3) is 0 Å². The van der Waals surface area contributed by atoms with Crippen LogP contribution in [0.15, 0.2) is 6.33 Å². The Bertz CT molecular complexity index is 420. The molecule has 1 heterocycles. The number of aromatic nitrogens is 2. The molecule has 1 aromatic rings. The van der Waals surface area contributed by atoms with Crippen LogP contribution >= 0.6 is 11.6 Å². The number of hydrogen-bond acceptors (Lipinski definition) is 5. The molecule has 0 aromatic carbocycles. The van der Waals surface area contributed by atoms with Crippen LogP contribution in [-0.4, -0.2) is 34.0 Å². The molecular weight excluding hydrogens is 254 g/mol. The number of nitrogens with zero attached hydrogens (tertiary/aromatic N) is 2. The summed E-state index contributed by atoms with van der Waals surface area (Å²) in [5.41, 5.74) is 0.301. The normalized spacial score (nSPS) is 23.7. The Hall–Kier alpha value is -1.20. The van der Waals surface area contributed by atoms with E-state index in [2.05, 4.69) is 15.3 Å². The molecule has 1 aliphatic carbocycles. The maximum absolute atomic E-state index is 10.9. The molecule has 0 radical (unpaired) electrons. The Kier molecular flexibility index (Phi) is 4.49. The number of hydrogen-bond donors (Lipinski definition) is 2. The van der Waals surface area contributed by atoms with Crippen molar-refractivity contribution in [1.82, 2.24) is 9.97 Å². The number of aliphatic hydroxyl groups is 1. The van der Waals surface area contributed by atoms with Gasteiger partial charge in [0.15, 0.2) is 6.29 Å². The van der Waals surface area contributed by atoms with Crippen LogP contribution in [0.1, 0.15) is 36.0 Å². The minimum Gasteiger partial charge on any atom is -0.393 e. The molecule has 1 aliphatic rings. The fourth-order valence-corrected chi connectivity index (χ4v) is 2.39. The van der Waals surface area contributed by atoms with Gasteiger partial charge in [-0.05, 0) is 31.6 Å². The second-order valence-corrected chi connectivity index (χ2v) is 4.96. The molecule has 1 fully saturated rings. The molecule has 0 atom stereocenters. The SMILES string of the molecule is O=Cc1c(Cl)ncnc1NCC1CCC(O)CC1. The zero-order valence-electron chi connectivity index (χ0n) is 9.97. The third kappa shape index (κ3) is 3.17. The van der Waals surface area contributed by atoms with E-state index in [1.165, 1.54) is 6.33 Å². The maximum atomic E-state index is 10.9. The molecule has 2 rings (SSSR count). The van der Waals surface area contributed by atoms with E-state index in [0.29, 0.717) is 23.6 Å². The van der Waals surface area contributed by atoms with Gasteiger partial charge in [-0.15, -0.1) is 0 Å². The van der Waals surface area contributed by atoms with Gasteiger partial charge < -0.3 is 10.4 Å². The van der Waals surface area contributed by atoms with E-state index in [1.54, 1.807) is 0 Å². The van der Waals surface area contributed by atoms with Crippen molar-refractivity contribution >= 4 is 23.7 Å². The summed E-state index contributed by atoms with van der Waals surface area (Å²) >= 11 is 5.81. The second kappa shape index (κ2) is 6.11. The van der Waals surface area contributed by atoms with E-state index in [1.807, 2.05) is 0 Å². The largest absolute Gasteiger partial charge is 0.393 e. The fraction of sp³-hybridized carbons (Fsp3) is 0.583. The molecular formula is C12H16ClN3O2. The first kappa shape index (κ1) is 13.2. The van der Waals surface area contributed by atoms with E-state index >= 15 is 0 Å². The smallest absolute Gasteiger partial charge is 0.156 e. The standard InChI is InChI=1S/C12H16ClN3O2/c13-11-10(6-17)12(16-7-15-11)14-5-8-1-3-9(18)4-2-8/h6-9,18H,1-5H2,(H,14,15,16). The summed E-state index contributed by atoms with van der Waals surface area (Å²) in [6.45, 7) is 0.737. The van der Waals surface area contributed by atoms with Gasteiger partial charge in [-0.25, -0.2) is 9.97 Å². The Morgan fingerprint density at radius 3 is 2.78 bits per heavy atom. The molecule has 6 heteroatoms. The molecule has 18 heavy (non-hydrogen) atoms. The van der Waals surface area contributed by atoms with Crippen LogP contribution in [0.5, 0.6) is 0 Å². The lowest BCUT2D eigenvalue weighted by atomic mass is 9.87. The first-order valence-corrected chi connectivity index (χ1v) is 6.46. The summed E-state index contributed by atoms with van der Waals surface area (Å²) in [5, 5.41) is 12.7. The summed E-state index contributed by atoms with van der Waals surface area (Å²) in [6, 6.07) is 0. The van der Waals surface area contributed by atoms with Gasteiger partial charge in [-0.3, -0.25) is 4.79 Å². The lowest BCUT2D eigenvalue weighted by Crippen LogP contribution is -2.24. The Balaban J connectivity index is 1.94. The molecule has 0 bridgehead atoms. The van der Waals surface area contributed by atoms with Gasteiger partial charge in [-0.2, -0.15) is 0 Å². The average molecular weight is 270 g/mol. The number of aliphatic hydroxyl groups excluding tert-OH is 1. The van der Waals surface area contributed by atoms with E-state index < -0.39 is 0 Å². The number of aldehydes is 1. The Morgan fingerprint density at radius 2 is 2.11 bits per heavy atom. The van der Waals surface area contributed by atoms with Crippen LogP contribution in [-0.2, 0) is 0 Å². The predicted octanol–water partition coefficient (Wildman–Crippen LogP) is 1.91. The highest BCUT2D eigenvalue weighted by Crippen LogP contribution is 2.25. The molecule has 0 saturated heterocycles. The number of anilines is 1. The van der Waals surface area contributed by atoms with E-state index in [9.17, 15) is 9.90 Å². The molecule has 2 N–H and O–H groups in total. The van der Waals surface area contributed by atoms with Gasteiger partial charge in [0.25, 0.3) is 0 Å². The number of carbonyl (C=O) groups is 1. The zero-order chi connectivity index (χ0) is 13.0. The quantitative estimate of drug-likeness (QED) is 0.645. The van der Waals surface area contributed by atoms with Gasteiger partial charge in [0.1, 0.15) is 17.3 Å². The molecule has 0 aliphatic heterocycles. The van der Waals surface area contributed by atoms with Crippen LogP contribution in [0, 0.1) is 5.92 Å². The van der Waals surface area contributed by atoms with Gasteiger partial charge in [0, 0.05) is 6.54 Å². The van der Waals surface area contributed by atoms with Gasteiger partial charge in [-0.1, -0.05) is 11.6 Å². The highest BCUT2D eigenvalue weighted by molar-refractivity contribution is 6.32. The third-order valence-corrected chi connectivity index (χ3v) is 3.63. The van der Waals surface area contributed by atoms with Gasteiger partial charge in [0.2, 0.25) is 0 Å². The van der Waals surface area contributed by atoms with Crippen molar-refractivity contribution in [3.63, 3.8) is 0 Å². The molecule has 0 unspecified atom stereocenters. The molecule has 0 amide bonds. The van der Waals surface area contributed by atoms with Gasteiger partial charge in [0.05, 0.1) is 11.7 Å². The summed E-state index contributed by atoms with van der Waals surface area (Å²) in [4.78, 5) is 18.7. The molecule has 98 valence electrons. The monoisotopic (exact) mass is 269 g/mol. The number of rotatable bonds is 4. The Labute approximate surface area is 111 Å². The number of halogens is 1. The minimum atomic E-state index is -0.153. The summed E-state index contributed by atoms with van der Waals surface area (Å²) in [6.07, 6.45) is 5.51. The first-order chi connectivity index (χ1) is 8.70. The topological polar surface area (TPSA) is 75.1 Å². The maximum Gasteiger partial charge on any atom is 0.156 e. The van der Waals surface area contributed by atoms with Crippen molar-refractivity contribution < 1.29 is 9.90 Å². The summed E-state index contributed by atoms with van der Waals surface area (Å²) in [5.74, 6) is 0.984. The predicted molar refractivity (Wildman–Crippen MR) is 68.9 cm³/mol. The highest BCUT2D eigenvalue weighted by Gasteiger charge is 2.19. The van der Waals surface area contributed by atoms with Crippen molar-refractivity contribution in [2.75, 3.05) is 11.9 Å². The summed E-state index contributed by atoms with van der Waals surface area (Å²) in [7, 11) is 0. The van der Waals surface area contributed by atoms with Crippen LogP contribution in [0.3, 0.4) is 0 Å². The highest BCUT2D eigenvalue weighted by atomic mass is 35.5. The van der Waals surface area contributed by atoms with Crippen molar-refractivity contribution in [3.8, 4) is 0 Å². The molecule has 5 nitrogen and oxygen atoms in total. The minimum absolute atomic E-state index is 0.153. The van der Waals surface area contributed by atoms with Crippen molar-refractivity contribution in [2.24, 2.45) is 5.92 Å². The lowest BCUT2D eigenvalue weighted by molar-refractivity contribution is 0.111. The molecule has 1 saturated carbocycles. The van der Waals surface area contributed by atoms with Crippen molar-refractivity contribution in [1.29, 1.82) is 0 Å². The van der Waals surface area contributed by atoms with E-state index in [4.69, 9.17) is 11.6 Å². The van der Waals surface area contributed by atoms with E-state index in [-0.39, 0.29) is 11.3 Å². The molecule has 0 spiro atoms. The number of carbonyl (C=O) groups excluding carboxylic acids is 1. The van der Waals surface area contributed by atoms with E-state index in [0.717, 1.165) is 32.2 Å². The van der Waals surface area contributed by atoms with Crippen LogP contribution < -0.4 is 5.32 Å². The lowest BCUT2D eigenvalue weighted by Gasteiger charge is -2.25. The summed E-state index contributed by atoms with van der Waals surface area (Å²) < 4.78 is 0. The van der Waals surface area contributed by atoms with Crippen molar-refractivity contribution in [3.05, 3.63) is 17.0 Å². The van der Waals surface area contributed by atoms with Gasteiger partial charge >= 0.3 is 0 Å². The third-order valence-electron chi connectivity index (χ3n) is 3.33. The number of nitrogens with one attached hydrogen (secondary N) is 1. The average Bonchev–Trinajstić information content (AvgIpc) is 2.38. The second-order valence-electron chi connectivity index (χ2n) is 4.60. The van der Waals surface area contributed by atoms with Crippen LogP contribution in [0.2, 0.25) is 5.15 Å². The van der Waals surface area contributed by atoms with Crippen LogP contribution in [0.4, 0.5) is 5.82 Å². The first-order valence-electron chi connectivity index (χ1n) is 6.08.